The molecule has 1 aromatic rings. The van der Waals surface area contributed by atoms with E-state index < -0.39 is 0 Å². The van der Waals surface area contributed by atoms with Crippen LogP contribution >= 0.6 is 0 Å². The van der Waals surface area contributed by atoms with Crippen molar-refractivity contribution in [1.29, 1.82) is 5.26 Å². The van der Waals surface area contributed by atoms with E-state index in [-0.39, 0.29) is 0 Å². The highest BCUT2D eigenvalue weighted by atomic mass is 16.5. The van der Waals surface area contributed by atoms with Gasteiger partial charge < -0.3 is 4.74 Å². The molecule has 0 spiro atoms. The Labute approximate surface area is 83.7 Å². The lowest BCUT2D eigenvalue weighted by Gasteiger charge is -2.04. The Morgan fingerprint density at radius 1 is 1.57 bits per heavy atom. The summed E-state index contributed by atoms with van der Waals surface area (Å²) in [6, 6.07) is 5.55. The molecule has 1 rings (SSSR count). The molecule has 0 aliphatic rings. The van der Waals surface area contributed by atoms with Crippen molar-refractivity contribution in [2.45, 2.75) is 13.8 Å². The first-order chi connectivity index (χ1) is 6.77. The molecule has 0 bridgehead atoms. The van der Waals surface area contributed by atoms with E-state index in [1.807, 2.05) is 32.1 Å². The number of rotatable bonds is 3. The van der Waals surface area contributed by atoms with Crippen LogP contribution in [0, 0.1) is 18.3 Å². The van der Waals surface area contributed by atoms with Gasteiger partial charge in [0.2, 0.25) is 5.88 Å². The van der Waals surface area contributed by atoms with Gasteiger partial charge in [0.05, 0.1) is 0 Å². The largest absolute Gasteiger partial charge is 0.472 e. The number of aryl methyl sites for hydroxylation is 1. The van der Waals surface area contributed by atoms with E-state index in [9.17, 15) is 0 Å². The number of nitrogens with zero attached hydrogens (tertiary/aromatic N) is 2. The molecule has 0 aliphatic carbocycles. The van der Waals surface area contributed by atoms with Crippen LogP contribution < -0.4 is 4.74 Å². The molecule has 3 nitrogen and oxygen atoms in total. The maximum absolute atomic E-state index is 8.78. The van der Waals surface area contributed by atoms with Crippen LogP contribution in [0.1, 0.15) is 18.2 Å². The molecule has 0 saturated heterocycles. The van der Waals surface area contributed by atoms with Crippen LogP contribution in [0.5, 0.6) is 5.88 Å². The lowest BCUT2D eigenvalue weighted by atomic mass is 10.2. The molecule has 1 heterocycles. The number of hydrogen-bond donors (Lipinski definition) is 0. The van der Waals surface area contributed by atoms with Crippen molar-refractivity contribution in [3.63, 3.8) is 0 Å². The van der Waals surface area contributed by atoms with Crippen LogP contribution in [-0.4, -0.2) is 11.6 Å². The van der Waals surface area contributed by atoms with Gasteiger partial charge in [-0.25, -0.2) is 4.98 Å². The van der Waals surface area contributed by atoms with Crippen molar-refractivity contribution >= 4 is 0 Å². The van der Waals surface area contributed by atoms with E-state index in [0.29, 0.717) is 18.1 Å². The van der Waals surface area contributed by atoms with E-state index >= 15 is 0 Å². The lowest BCUT2D eigenvalue weighted by molar-refractivity contribution is 0.346. The highest BCUT2D eigenvalue weighted by Crippen LogP contribution is 2.14. The molecule has 0 aromatic carbocycles. The third kappa shape index (κ3) is 2.60. The Kier molecular flexibility index (Phi) is 3.69. The summed E-state index contributed by atoms with van der Waals surface area (Å²) in [6.45, 7) is 4.23. The van der Waals surface area contributed by atoms with Crippen molar-refractivity contribution in [3.8, 4) is 11.9 Å². The molecule has 0 radical (unpaired) electrons. The smallest absolute Gasteiger partial charge is 0.232 e. The highest BCUT2D eigenvalue weighted by Gasteiger charge is 2.03. The topological polar surface area (TPSA) is 45.9 Å². The van der Waals surface area contributed by atoms with Crippen molar-refractivity contribution < 1.29 is 4.74 Å². The molecule has 0 aliphatic heterocycles. The van der Waals surface area contributed by atoms with Gasteiger partial charge in [-0.1, -0.05) is 12.2 Å². The van der Waals surface area contributed by atoms with Crippen molar-refractivity contribution in [2.24, 2.45) is 0 Å². The molecule has 0 amide bonds. The molecule has 0 N–H and O–H groups in total. The van der Waals surface area contributed by atoms with Gasteiger partial charge in [-0.15, -0.1) is 0 Å². The SMILES string of the molecule is CC=CCOc1nc(C)ccc1C#N. The molecule has 3 heteroatoms. The first kappa shape index (κ1) is 10.3. The van der Waals surface area contributed by atoms with Crippen molar-refractivity contribution in [3.05, 3.63) is 35.5 Å². The van der Waals surface area contributed by atoms with Gasteiger partial charge in [-0.3, -0.25) is 0 Å². The number of aromatic nitrogens is 1. The minimum Gasteiger partial charge on any atom is -0.472 e. The van der Waals surface area contributed by atoms with Gasteiger partial charge in [0.15, 0.2) is 0 Å². The number of ether oxygens (including phenoxy) is 1. The molecule has 1 aromatic heterocycles. The maximum atomic E-state index is 8.78. The molecule has 0 atom stereocenters. The predicted molar refractivity (Wildman–Crippen MR) is 54.0 cm³/mol. The van der Waals surface area contributed by atoms with Gasteiger partial charge >= 0.3 is 0 Å². The summed E-state index contributed by atoms with van der Waals surface area (Å²) in [5.41, 5.74) is 1.32. The first-order valence-corrected chi connectivity index (χ1v) is 4.39. The van der Waals surface area contributed by atoms with Crippen LogP contribution in [0.3, 0.4) is 0 Å². The average Bonchev–Trinajstić information content (AvgIpc) is 2.19. The Balaban J connectivity index is 2.83. The number of hydrogen-bond acceptors (Lipinski definition) is 3. The summed E-state index contributed by atoms with van der Waals surface area (Å²) < 4.78 is 5.33. The molecule has 0 unspecified atom stereocenters. The Hall–Kier alpha value is -1.82. The van der Waals surface area contributed by atoms with Crippen LogP contribution in [0.4, 0.5) is 0 Å². The quantitative estimate of drug-likeness (QED) is 0.683. The fourth-order valence-electron chi connectivity index (χ4n) is 0.951. The van der Waals surface area contributed by atoms with E-state index in [2.05, 4.69) is 4.98 Å². The highest BCUT2D eigenvalue weighted by molar-refractivity contribution is 5.38. The fraction of sp³-hybridized carbons (Fsp3) is 0.273. The zero-order chi connectivity index (χ0) is 10.4. The molecular formula is C11H12N2O. The predicted octanol–water partition coefficient (Wildman–Crippen LogP) is 2.22. The van der Waals surface area contributed by atoms with Crippen molar-refractivity contribution in [1.82, 2.24) is 4.98 Å². The van der Waals surface area contributed by atoms with Crippen LogP contribution in [0.2, 0.25) is 0 Å². The van der Waals surface area contributed by atoms with Gasteiger partial charge in [0, 0.05) is 5.69 Å². The Bertz CT molecular complexity index is 377. The number of nitriles is 1. The third-order valence-electron chi connectivity index (χ3n) is 1.67. The third-order valence-corrected chi connectivity index (χ3v) is 1.67. The van der Waals surface area contributed by atoms with Crippen LogP contribution in [0.15, 0.2) is 24.3 Å². The van der Waals surface area contributed by atoms with Gasteiger partial charge in [0.1, 0.15) is 18.2 Å². The number of pyridine rings is 1. The van der Waals surface area contributed by atoms with E-state index in [0.717, 1.165) is 5.69 Å². The second kappa shape index (κ2) is 5.03. The average molecular weight is 188 g/mol. The summed E-state index contributed by atoms with van der Waals surface area (Å²) in [4.78, 5) is 4.14. The molecule has 0 fully saturated rings. The van der Waals surface area contributed by atoms with Crippen LogP contribution in [-0.2, 0) is 0 Å². The fourth-order valence-corrected chi connectivity index (χ4v) is 0.951. The number of allylic oxidation sites excluding steroid dienone is 1. The summed E-state index contributed by atoms with van der Waals surface area (Å²) in [5.74, 6) is 0.408. The first-order valence-electron chi connectivity index (χ1n) is 4.39. The zero-order valence-corrected chi connectivity index (χ0v) is 8.32. The normalized spacial score (nSPS) is 10.1. The van der Waals surface area contributed by atoms with Crippen LogP contribution in [0.25, 0.3) is 0 Å². The molecule has 14 heavy (non-hydrogen) atoms. The maximum Gasteiger partial charge on any atom is 0.232 e. The van der Waals surface area contributed by atoms with Crippen molar-refractivity contribution in [2.75, 3.05) is 6.61 Å². The summed E-state index contributed by atoms with van der Waals surface area (Å²) in [5, 5.41) is 8.78. The molecule has 0 saturated carbocycles. The van der Waals surface area contributed by atoms with Gasteiger partial charge in [-0.05, 0) is 26.0 Å². The second-order valence-electron chi connectivity index (χ2n) is 2.80. The zero-order valence-electron chi connectivity index (χ0n) is 8.32. The lowest BCUT2D eigenvalue weighted by Crippen LogP contribution is -1.99. The summed E-state index contributed by atoms with van der Waals surface area (Å²) in [6.07, 6.45) is 3.76. The van der Waals surface area contributed by atoms with E-state index in [4.69, 9.17) is 10.00 Å². The Morgan fingerprint density at radius 3 is 3.00 bits per heavy atom. The minimum atomic E-state index is 0.408. The Morgan fingerprint density at radius 2 is 2.36 bits per heavy atom. The van der Waals surface area contributed by atoms with E-state index in [1.54, 1.807) is 12.1 Å². The minimum absolute atomic E-state index is 0.408. The monoisotopic (exact) mass is 188 g/mol. The molecule has 72 valence electrons. The van der Waals surface area contributed by atoms with E-state index in [1.165, 1.54) is 0 Å². The standard InChI is InChI=1S/C11H12N2O/c1-3-4-7-14-11-10(8-12)6-5-9(2)13-11/h3-6H,7H2,1-2H3. The van der Waals surface area contributed by atoms with Gasteiger partial charge in [0.25, 0.3) is 0 Å². The van der Waals surface area contributed by atoms with Gasteiger partial charge in [-0.2, -0.15) is 5.26 Å². The summed E-state index contributed by atoms with van der Waals surface area (Å²) in [7, 11) is 0. The molecular weight excluding hydrogens is 176 g/mol. The summed E-state index contributed by atoms with van der Waals surface area (Å²) >= 11 is 0. The second-order valence-corrected chi connectivity index (χ2v) is 2.80.